The van der Waals surface area contributed by atoms with Crippen molar-refractivity contribution in [3.05, 3.63) is 63.2 Å². The van der Waals surface area contributed by atoms with Crippen LogP contribution < -0.4 is 15.4 Å². The molecule has 0 radical (unpaired) electrons. The Labute approximate surface area is 150 Å². The Morgan fingerprint density at radius 3 is 2.46 bits per heavy atom. The molecule has 0 aliphatic rings. The summed E-state index contributed by atoms with van der Waals surface area (Å²) in [6.07, 6.45) is 0. The minimum Gasteiger partial charge on any atom is -0.477 e. The number of anilines is 1. The number of nitro benzene ring substituents is 1. The van der Waals surface area contributed by atoms with Gasteiger partial charge in [0.05, 0.1) is 4.92 Å². The second-order valence-electron chi connectivity index (χ2n) is 5.82. The van der Waals surface area contributed by atoms with E-state index in [1.54, 1.807) is 25.1 Å². The summed E-state index contributed by atoms with van der Waals surface area (Å²) >= 11 is 0. The van der Waals surface area contributed by atoms with Crippen molar-refractivity contribution < 1.29 is 19.2 Å². The van der Waals surface area contributed by atoms with Crippen molar-refractivity contribution >= 4 is 23.3 Å². The van der Waals surface area contributed by atoms with E-state index in [4.69, 9.17) is 4.74 Å². The van der Waals surface area contributed by atoms with Gasteiger partial charge in [0.2, 0.25) is 0 Å². The fraction of sp³-hybridized carbons (Fsp3) is 0.222. The Morgan fingerprint density at radius 1 is 1.08 bits per heavy atom. The summed E-state index contributed by atoms with van der Waals surface area (Å²) in [6.45, 7) is 5.04. The number of imide groups is 1. The minimum absolute atomic E-state index is 0.0367. The molecule has 0 aromatic heterocycles. The largest absolute Gasteiger partial charge is 0.477 e. The second kappa shape index (κ2) is 8.11. The number of aryl methyl sites for hydroxylation is 3. The molecule has 2 aromatic rings. The summed E-state index contributed by atoms with van der Waals surface area (Å²) in [5, 5.41) is 15.7. The number of carbonyl (C=O) groups is 2. The predicted molar refractivity (Wildman–Crippen MR) is 96.4 cm³/mol. The van der Waals surface area contributed by atoms with Crippen LogP contribution in [0.15, 0.2) is 36.4 Å². The van der Waals surface area contributed by atoms with Crippen LogP contribution >= 0.6 is 0 Å². The van der Waals surface area contributed by atoms with Crippen LogP contribution in [0, 0.1) is 30.9 Å². The number of nitrogens with one attached hydrogen (secondary N) is 2. The van der Waals surface area contributed by atoms with Gasteiger partial charge in [0.15, 0.2) is 12.4 Å². The van der Waals surface area contributed by atoms with E-state index in [1.807, 2.05) is 19.9 Å². The lowest BCUT2D eigenvalue weighted by Gasteiger charge is -2.10. The zero-order valence-corrected chi connectivity index (χ0v) is 14.7. The van der Waals surface area contributed by atoms with Gasteiger partial charge in [0.25, 0.3) is 5.91 Å². The molecule has 0 aliphatic carbocycles. The van der Waals surface area contributed by atoms with Gasteiger partial charge >= 0.3 is 11.7 Å². The van der Waals surface area contributed by atoms with E-state index in [2.05, 4.69) is 10.6 Å². The molecule has 2 N–H and O–H groups in total. The summed E-state index contributed by atoms with van der Waals surface area (Å²) in [5.74, 6) is -0.758. The van der Waals surface area contributed by atoms with Crippen LogP contribution in [0.5, 0.6) is 5.75 Å². The number of nitrogens with zero attached hydrogens (tertiary/aromatic N) is 1. The summed E-state index contributed by atoms with van der Waals surface area (Å²) in [7, 11) is 0. The van der Waals surface area contributed by atoms with E-state index in [0.29, 0.717) is 11.3 Å². The zero-order valence-electron chi connectivity index (χ0n) is 14.7. The van der Waals surface area contributed by atoms with E-state index < -0.39 is 23.5 Å². The van der Waals surface area contributed by atoms with Crippen LogP contribution in [0.2, 0.25) is 0 Å². The molecule has 0 saturated carbocycles. The van der Waals surface area contributed by atoms with E-state index in [-0.39, 0.29) is 11.4 Å². The maximum Gasteiger partial charge on any atom is 0.325 e. The molecule has 2 aromatic carbocycles. The highest BCUT2D eigenvalue weighted by molar-refractivity contribution is 6.01. The molecule has 136 valence electrons. The number of rotatable bonds is 5. The molecular formula is C18H19N3O5. The number of amides is 3. The normalized spacial score (nSPS) is 10.1. The molecule has 2 rings (SSSR count). The van der Waals surface area contributed by atoms with Crippen molar-refractivity contribution in [1.29, 1.82) is 0 Å². The Hall–Kier alpha value is -3.42. The highest BCUT2D eigenvalue weighted by atomic mass is 16.6. The number of hydrogen-bond donors (Lipinski definition) is 2. The number of ether oxygens (including phenoxy) is 1. The molecule has 8 nitrogen and oxygen atoms in total. The average molecular weight is 357 g/mol. The maximum absolute atomic E-state index is 11.8. The van der Waals surface area contributed by atoms with Crippen molar-refractivity contribution in [2.24, 2.45) is 0 Å². The lowest BCUT2D eigenvalue weighted by molar-refractivity contribution is -0.385. The van der Waals surface area contributed by atoms with Gasteiger partial charge in [0.1, 0.15) is 0 Å². The molecule has 0 unspecified atom stereocenters. The first-order valence-electron chi connectivity index (χ1n) is 7.82. The summed E-state index contributed by atoms with van der Waals surface area (Å²) in [4.78, 5) is 34.1. The second-order valence-corrected chi connectivity index (χ2v) is 5.82. The Balaban J connectivity index is 1.91. The molecule has 0 bridgehead atoms. The first-order chi connectivity index (χ1) is 12.3. The highest BCUT2D eigenvalue weighted by Gasteiger charge is 2.17. The first kappa shape index (κ1) is 18.9. The van der Waals surface area contributed by atoms with Crippen molar-refractivity contribution in [2.45, 2.75) is 20.8 Å². The molecule has 26 heavy (non-hydrogen) atoms. The lowest BCUT2D eigenvalue weighted by atomic mass is 10.1. The van der Waals surface area contributed by atoms with Crippen LogP contribution in [0.3, 0.4) is 0 Å². The summed E-state index contributed by atoms with van der Waals surface area (Å²) in [5.41, 5.74) is 3.09. The van der Waals surface area contributed by atoms with Crippen LogP contribution in [0.4, 0.5) is 16.2 Å². The van der Waals surface area contributed by atoms with Gasteiger partial charge in [-0.15, -0.1) is 0 Å². The van der Waals surface area contributed by atoms with Gasteiger partial charge in [-0.2, -0.15) is 0 Å². The highest BCUT2D eigenvalue weighted by Crippen LogP contribution is 2.27. The quantitative estimate of drug-likeness (QED) is 0.630. The molecule has 0 aliphatic heterocycles. The maximum atomic E-state index is 11.8. The van der Waals surface area contributed by atoms with Crippen LogP contribution in [0.1, 0.15) is 16.7 Å². The van der Waals surface area contributed by atoms with Gasteiger partial charge in [-0.1, -0.05) is 12.1 Å². The molecule has 0 heterocycles. The molecule has 0 fully saturated rings. The number of hydrogen-bond acceptors (Lipinski definition) is 5. The fourth-order valence-electron chi connectivity index (χ4n) is 2.18. The van der Waals surface area contributed by atoms with Crippen LogP contribution in [-0.2, 0) is 4.79 Å². The summed E-state index contributed by atoms with van der Waals surface area (Å²) in [6, 6.07) is 9.04. The Bertz CT molecular complexity index is 864. The number of carbonyl (C=O) groups excluding carboxylic acids is 2. The minimum atomic E-state index is -0.721. The van der Waals surface area contributed by atoms with Crippen LogP contribution in [0.25, 0.3) is 0 Å². The number of benzene rings is 2. The van der Waals surface area contributed by atoms with E-state index >= 15 is 0 Å². The van der Waals surface area contributed by atoms with Crippen molar-refractivity contribution in [2.75, 3.05) is 11.9 Å². The fourth-order valence-corrected chi connectivity index (χ4v) is 2.18. The third-order valence-electron chi connectivity index (χ3n) is 3.69. The third-order valence-corrected chi connectivity index (χ3v) is 3.69. The van der Waals surface area contributed by atoms with E-state index in [0.717, 1.165) is 11.1 Å². The van der Waals surface area contributed by atoms with Crippen molar-refractivity contribution in [3.63, 3.8) is 0 Å². The van der Waals surface area contributed by atoms with Gasteiger partial charge in [-0.3, -0.25) is 20.2 Å². The average Bonchev–Trinajstić information content (AvgIpc) is 2.56. The predicted octanol–water partition coefficient (Wildman–Crippen LogP) is 3.25. The molecule has 8 heteroatoms. The topological polar surface area (TPSA) is 111 Å². The van der Waals surface area contributed by atoms with Crippen molar-refractivity contribution in [1.82, 2.24) is 5.32 Å². The summed E-state index contributed by atoms with van der Waals surface area (Å²) < 4.78 is 5.17. The smallest absolute Gasteiger partial charge is 0.325 e. The molecule has 3 amide bonds. The first-order valence-corrected chi connectivity index (χ1v) is 7.82. The number of urea groups is 1. The molecule has 0 spiro atoms. The van der Waals surface area contributed by atoms with Gasteiger partial charge in [-0.05, 0) is 55.7 Å². The Morgan fingerprint density at radius 2 is 1.81 bits per heavy atom. The standard InChI is InChI=1S/C18H19N3O5/c1-11-4-7-16(15(8-11)21(24)25)26-10-17(22)20-18(23)19-14-6-5-12(2)13(3)9-14/h4-9H,10H2,1-3H3,(H2,19,20,22,23). The van der Waals surface area contributed by atoms with Crippen molar-refractivity contribution in [3.8, 4) is 5.75 Å². The monoisotopic (exact) mass is 357 g/mol. The van der Waals surface area contributed by atoms with Crippen LogP contribution in [-0.4, -0.2) is 23.5 Å². The zero-order chi connectivity index (χ0) is 19.3. The molecule has 0 saturated heterocycles. The molecule has 0 atom stereocenters. The lowest BCUT2D eigenvalue weighted by Crippen LogP contribution is -2.37. The van der Waals surface area contributed by atoms with E-state index in [9.17, 15) is 19.7 Å². The Kier molecular flexibility index (Phi) is 5.90. The molecular weight excluding hydrogens is 338 g/mol. The van der Waals surface area contributed by atoms with E-state index in [1.165, 1.54) is 12.1 Å². The number of nitro groups is 1. The van der Waals surface area contributed by atoms with Gasteiger partial charge in [-0.25, -0.2) is 4.79 Å². The van der Waals surface area contributed by atoms with Gasteiger partial charge < -0.3 is 10.1 Å². The van der Waals surface area contributed by atoms with Gasteiger partial charge in [0, 0.05) is 11.8 Å². The third kappa shape index (κ3) is 5.04. The SMILES string of the molecule is Cc1ccc(OCC(=O)NC(=O)Nc2ccc(C)c(C)c2)c([N+](=O)[O-])c1.